The molecule has 0 bridgehead atoms. The van der Waals surface area contributed by atoms with Gasteiger partial charge in [-0.3, -0.25) is 0 Å². The molecule has 1 aliphatic heterocycles. The minimum absolute atomic E-state index is 0.195. The molecule has 3 aromatic carbocycles. The third kappa shape index (κ3) is 3.06. The molecule has 4 aromatic rings. The zero-order valence-electron chi connectivity index (χ0n) is 15.6. The van der Waals surface area contributed by atoms with Crippen molar-refractivity contribution in [3.8, 4) is 11.3 Å². The van der Waals surface area contributed by atoms with E-state index in [2.05, 4.69) is 58.5 Å². The Morgan fingerprint density at radius 2 is 1.86 bits per heavy atom. The van der Waals surface area contributed by atoms with Gasteiger partial charge >= 0.3 is 0 Å². The van der Waals surface area contributed by atoms with Gasteiger partial charge in [-0.05, 0) is 64.8 Å². The number of rotatable bonds is 2. The van der Waals surface area contributed by atoms with Crippen molar-refractivity contribution in [1.82, 2.24) is 15.1 Å². The van der Waals surface area contributed by atoms with Crippen LogP contribution in [0.4, 0.5) is 4.39 Å². The molecular formula is C24H20FN3. The standard InChI is InChI=1S/C24H20FN3/c1-28-14-20-12-18(24-3-2-10-26-27-24)7-9-22(20)23(15-28)17-5-4-16-6-8-21(25)13-19(16)11-17/h2-13,23H,14-15H2,1H3. The van der Waals surface area contributed by atoms with Gasteiger partial charge in [-0.15, -0.1) is 0 Å². The topological polar surface area (TPSA) is 29.0 Å². The zero-order valence-corrected chi connectivity index (χ0v) is 15.6. The molecule has 1 atom stereocenters. The van der Waals surface area contributed by atoms with Gasteiger partial charge in [-0.25, -0.2) is 4.39 Å². The average molecular weight is 369 g/mol. The Morgan fingerprint density at radius 3 is 2.71 bits per heavy atom. The average Bonchev–Trinajstić information content (AvgIpc) is 2.72. The van der Waals surface area contributed by atoms with E-state index in [1.807, 2.05) is 18.2 Å². The smallest absolute Gasteiger partial charge is 0.123 e. The van der Waals surface area contributed by atoms with Gasteiger partial charge in [0.25, 0.3) is 0 Å². The third-order valence-corrected chi connectivity index (χ3v) is 5.55. The normalized spacial score (nSPS) is 16.9. The summed E-state index contributed by atoms with van der Waals surface area (Å²) in [6, 6.07) is 21.8. The number of aromatic nitrogens is 2. The molecule has 0 aliphatic carbocycles. The highest BCUT2D eigenvalue weighted by molar-refractivity contribution is 5.83. The molecule has 5 rings (SSSR count). The second kappa shape index (κ2) is 6.80. The van der Waals surface area contributed by atoms with Gasteiger partial charge in [0.05, 0.1) is 5.69 Å². The van der Waals surface area contributed by atoms with Crippen molar-refractivity contribution < 1.29 is 4.39 Å². The van der Waals surface area contributed by atoms with Crippen LogP contribution in [0.25, 0.3) is 22.0 Å². The molecule has 138 valence electrons. The van der Waals surface area contributed by atoms with Crippen LogP contribution in [0.2, 0.25) is 0 Å². The highest BCUT2D eigenvalue weighted by Crippen LogP contribution is 2.36. The molecule has 1 unspecified atom stereocenters. The second-order valence-corrected chi connectivity index (χ2v) is 7.52. The largest absolute Gasteiger partial charge is 0.301 e. The van der Waals surface area contributed by atoms with Crippen LogP contribution in [-0.4, -0.2) is 28.7 Å². The molecule has 1 aromatic heterocycles. The van der Waals surface area contributed by atoms with Crippen LogP contribution in [0.5, 0.6) is 0 Å². The molecule has 0 radical (unpaired) electrons. The molecule has 0 saturated heterocycles. The monoisotopic (exact) mass is 369 g/mol. The first-order chi connectivity index (χ1) is 13.7. The summed E-state index contributed by atoms with van der Waals surface area (Å²) in [4.78, 5) is 2.34. The Balaban J connectivity index is 1.59. The summed E-state index contributed by atoms with van der Waals surface area (Å²) in [5, 5.41) is 10.2. The number of fused-ring (bicyclic) bond motifs is 2. The van der Waals surface area contributed by atoms with Crippen LogP contribution < -0.4 is 0 Å². The maximum Gasteiger partial charge on any atom is 0.123 e. The molecule has 0 amide bonds. The van der Waals surface area contributed by atoms with Crippen molar-refractivity contribution in [3.63, 3.8) is 0 Å². The fourth-order valence-corrected chi connectivity index (χ4v) is 4.20. The molecule has 0 N–H and O–H groups in total. The number of nitrogens with zero attached hydrogens (tertiary/aromatic N) is 3. The van der Waals surface area contributed by atoms with E-state index in [-0.39, 0.29) is 11.7 Å². The van der Waals surface area contributed by atoms with Gasteiger partial charge in [-0.1, -0.05) is 36.4 Å². The van der Waals surface area contributed by atoms with Crippen LogP contribution in [0.15, 0.2) is 72.9 Å². The fraction of sp³-hybridized carbons (Fsp3) is 0.167. The summed E-state index contributed by atoms with van der Waals surface area (Å²) >= 11 is 0. The van der Waals surface area contributed by atoms with E-state index in [1.54, 1.807) is 12.3 Å². The zero-order chi connectivity index (χ0) is 19.1. The van der Waals surface area contributed by atoms with Gasteiger partial charge in [0.2, 0.25) is 0 Å². The molecule has 0 spiro atoms. The minimum Gasteiger partial charge on any atom is -0.301 e. The SMILES string of the molecule is CN1Cc2cc(-c3cccnn3)ccc2C(c2ccc3ccc(F)cc3c2)C1. The van der Waals surface area contributed by atoms with E-state index in [9.17, 15) is 4.39 Å². The summed E-state index contributed by atoms with van der Waals surface area (Å²) in [5.41, 5.74) is 5.83. The first-order valence-corrected chi connectivity index (χ1v) is 9.46. The maximum atomic E-state index is 13.7. The first-order valence-electron chi connectivity index (χ1n) is 9.46. The van der Waals surface area contributed by atoms with Crippen molar-refractivity contribution in [2.45, 2.75) is 12.5 Å². The number of likely N-dealkylation sites (N-methyl/N-ethyl adjacent to an activating group) is 1. The number of hydrogen-bond donors (Lipinski definition) is 0. The minimum atomic E-state index is -0.195. The van der Waals surface area contributed by atoms with E-state index in [0.717, 1.165) is 35.1 Å². The van der Waals surface area contributed by atoms with Crippen molar-refractivity contribution in [3.05, 3.63) is 95.4 Å². The Kier molecular flexibility index (Phi) is 4.14. The van der Waals surface area contributed by atoms with Gasteiger partial charge in [-0.2, -0.15) is 10.2 Å². The van der Waals surface area contributed by atoms with E-state index < -0.39 is 0 Å². The Bertz CT molecular complexity index is 1160. The van der Waals surface area contributed by atoms with Crippen molar-refractivity contribution in [2.75, 3.05) is 13.6 Å². The number of hydrogen-bond acceptors (Lipinski definition) is 3. The molecule has 1 aliphatic rings. The van der Waals surface area contributed by atoms with Crippen LogP contribution in [0.1, 0.15) is 22.6 Å². The number of halogens is 1. The quantitative estimate of drug-likeness (QED) is 0.497. The van der Waals surface area contributed by atoms with Crippen molar-refractivity contribution >= 4 is 10.8 Å². The summed E-state index contributed by atoms with van der Waals surface area (Å²) in [7, 11) is 2.14. The summed E-state index contributed by atoms with van der Waals surface area (Å²) in [6.45, 7) is 1.85. The Labute approximate surface area is 163 Å². The summed E-state index contributed by atoms with van der Waals surface area (Å²) < 4.78 is 13.7. The second-order valence-electron chi connectivity index (χ2n) is 7.52. The molecule has 0 fully saturated rings. The highest BCUT2D eigenvalue weighted by Gasteiger charge is 2.25. The van der Waals surface area contributed by atoms with Gasteiger partial charge < -0.3 is 4.90 Å². The van der Waals surface area contributed by atoms with E-state index in [4.69, 9.17) is 0 Å². The van der Waals surface area contributed by atoms with Crippen LogP contribution in [0.3, 0.4) is 0 Å². The predicted octanol–water partition coefficient (Wildman–Crippen LogP) is 5.01. The van der Waals surface area contributed by atoms with Crippen LogP contribution in [0, 0.1) is 5.82 Å². The van der Waals surface area contributed by atoms with E-state index >= 15 is 0 Å². The van der Waals surface area contributed by atoms with Gasteiger partial charge in [0.15, 0.2) is 0 Å². The molecule has 0 saturated carbocycles. The van der Waals surface area contributed by atoms with Gasteiger partial charge in [0, 0.05) is 30.8 Å². The lowest BCUT2D eigenvalue weighted by atomic mass is 9.83. The fourth-order valence-electron chi connectivity index (χ4n) is 4.20. The maximum absolute atomic E-state index is 13.7. The molecule has 2 heterocycles. The first kappa shape index (κ1) is 17.0. The lowest BCUT2D eigenvalue weighted by Gasteiger charge is -2.33. The van der Waals surface area contributed by atoms with Crippen LogP contribution in [-0.2, 0) is 6.54 Å². The van der Waals surface area contributed by atoms with Crippen molar-refractivity contribution in [1.29, 1.82) is 0 Å². The predicted molar refractivity (Wildman–Crippen MR) is 110 cm³/mol. The molecule has 3 nitrogen and oxygen atoms in total. The Morgan fingerprint density at radius 1 is 0.964 bits per heavy atom. The number of benzene rings is 3. The summed E-state index contributed by atoms with van der Waals surface area (Å²) in [5.74, 6) is 0.0664. The third-order valence-electron chi connectivity index (χ3n) is 5.55. The lowest BCUT2D eigenvalue weighted by molar-refractivity contribution is 0.295. The Hall–Kier alpha value is -3.11. The molecular weight excluding hydrogens is 349 g/mol. The lowest BCUT2D eigenvalue weighted by Crippen LogP contribution is -2.31. The molecule has 4 heteroatoms. The summed E-state index contributed by atoms with van der Waals surface area (Å²) in [6.07, 6.45) is 1.69. The van der Waals surface area contributed by atoms with Gasteiger partial charge in [0.1, 0.15) is 5.82 Å². The van der Waals surface area contributed by atoms with Crippen LogP contribution >= 0.6 is 0 Å². The van der Waals surface area contributed by atoms with Crippen molar-refractivity contribution in [2.24, 2.45) is 0 Å². The highest BCUT2D eigenvalue weighted by atomic mass is 19.1. The van der Waals surface area contributed by atoms with E-state index in [1.165, 1.54) is 22.8 Å². The molecule has 28 heavy (non-hydrogen) atoms. The van der Waals surface area contributed by atoms with E-state index in [0.29, 0.717) is 0 Å².